The smallest absolute Gasteiger partial charge is 0.289 e. The molecule has 0 saturated heterocycles. The topological polar surface area (TPSA) is 356 Å². The molecule has 1 heterocycles. The highest BCUT2D eigenvalue weighted by molar-refractivity contribution is 5.97. The molecule has 0 aliphatic heterocycles. The van der Waals surface area contributed by atoms with Crippen LogP contribution in [0.5, 0.6) is 0 Å². The van der Waals surface area contributed by atoms with Crippen LogP contribution in [-0.2, 0) is 32.0 Å². The molecular formula is C33H47N15O5. The lowest BCUT2D eigenvalue weighted by Gasteiger charge is -2.26. The number of nitrogens with zero attached hydrogens (tertiary/aromatic N) is 4. The molecule has 0 aliphatic carbocycles. The van der Waals surface area contributed by atoms with Crippen LogP contribution in [0.25, 0.3) is 0 Å². The van der Waals surface area contributed by atoms with E-state index in [2.05, 4.69) is 46.4 Å². The van der Waals surface area contributed by atoms with Crippen LogP contribution in [0.3, 0.4) is 0 Å². The SMILES string of the molecule is NC(=O)[C@H](CCCN=C(N)N)NC(=O)[C@H](Cc1ccccc1)NC(=O)[C@H](CCCN=C(N)N)NC(=O)[C@H](Cc1ccccc1)NC(=O)c1nc(N)n[nH]1. The van der Waals surface area contributed by atoms with E-state index < -0.39 is 53.7 Å². The number of hydrogen-bond donors (Lipinski definition) is 11. The number of anilines is 1. The number of carbonyl (C=O) groups is 5. The van der Waals surface area contributed by atoms with E-state index in [4.69, 9.17) is 34.4 Å². The number of guanidine groups is 2. The standard InChI is InChI=1S/C33H47N15O5/c34-25(49)21(13-7-15-40-31(35)36)42-28(51)23(17-19-9-3-1-4-10-19)44-27(50)22(14-8-16-41-32(37)38)43-29(52)24(18-20-11-5-2-6-12-20)45-30(53)26-46-33(39)48-47-26/h1-6,9-12,21-24H,7-8,13-18H2,(H2,34,49)(H,42,51)(H,43,52)(H,44,50)(H,45,53)(H4,35,36,40)(H4,37,38,41)(H3,39,46,47,48)/t21-,22-,23-,24-/m0/s1. The van der Waals surface area contributed by atoms with Crippen LogP contribution in [0.1, 0.15) is 47.4 Å². The fourth-order valence-electron chi connectivity index (χ4n) is 5.10. The first kappa shape index (κ1) is 40.7. The maximum absolute atomic E-state index is 14.0. The molecule has 0 spiro atoms. The fraction of sp³-hybridized carbons (Fsp3) is 0.364. The number of aliphatic imine (C=N–C) groups is 2. The Morgan fingerprint density at radius 2 is 1.06 bits per heavy atom. The van der Waals surface area contributed by atoms with Crippen molar-refractivity contribution in [3.8, 4) is 0 Å². The molecule has 53 heavy (non-hydrogen) atoms. The van der Waals surface area contributed by atoms with Gasteiger partial charge in [0.05, 0.1) is 0 Å². The van der Waals surface area contributed by atoms with E-state index in [1.54, 1.807) is 60.7 Å². The number of carbonyl (C=O) groups excluding carboxylic acids is 5. The molecule has 0 aliphatic rings. The minimum absolute atomic E-state index is 0.0273. The van der Waals surface area contributed by atoms with Crippen molar-refractivity contribution in [3.63, 3.8) is 0 Å². The maximum atomic E-state index is 14.0. The monoisotopic (exact) mass is 733 g/mol. The summed E-state index contributed by atoms with van der Waals surface area (Å²) in [5, 5.41) is 16.7. The minimum Gasteiger partial charge on any atom is -0.370 e. The Morgan fingerprint density at radius 3 is 1.51 bits per heavy atom. The van der Waals surface area contributed by atoms with Crippen LogP contribution in [-0.4, -0.2) is 93.9 Å². The average Bonchev–Trinajstić information content (AvgIpc) is 3.56. The number of hydrogen-bond acceptors (Lipinski definition) is 10. The molecule has 1 aromatic heterocycles. The summed E-state index contributed by atoms with van der Waals surface area (Å²) in [6.07, 6.45) is 0.810. The molecule has 0 bridgehead atoms. The molecule has 4 atom stereocenters. The molecule has 20 heteroatoms. The van der Waals surface area contributed by atoms with Gasteiger partial charge in [-0.25, -0.2) is 0 Å². The van der Waals surface area contributed by atoms with Crippen LogP contribution >= 0.6 is 0 Å². The van der Waals surface area contributed by atoms with Crippen molar-refractivity contribution in [2.24, 2.45) is 38.7 Å². The Morgan fingerprint density at radius 1 is 0.623 bits per heavy atom. The quantitative estimate of drug-likeness (QED) is 0.0297. The summed E-state index contributed by atoms with van der Waals surface area (Å²) in [5.41, 5.74) is 34.2. The van der Waals surface area contributed by atoms with Crippen LogP contribution < -0.4 is 55.7 Å². The number of nitrogens with one attached hydrogen (secondary N) is 5. The summed E-state index contributed by atoms with van der Waals surface area (Å²) < 4.78 is 0. The molecule has 3 aromatic rings. The van der Waals surface area contributed by atoms with Crippen molar-refractivity contribution >= 4 is 47.4 Å². The molecule has 0 unspecified atom stereocenters. The predicted molar refractivity (Wildman–Crippen MR) is 197 cm³/mol. The van der Waals surface area contributed by atoms with E-state index in [0.717, 1.165) is 0 Å². The van der Waals surface area contributed by atoms with Gasteiger partial charge in [0.1, 0.15) is 24.2 Å². The first-order valence-corrected chi connectivity index (χ1v) is 16.7. The van der Waals surface area contributed by atoms with Gasteiger partial charge >= 0.3 is 0 Å². The molecule has 17 N–H and O–H groups in total. The fourth-order valence-corrected chi connectivity index (χ4v) is 5.10. The number of amides is 5. The van der Waals surface area contributed by atoms with E-state index in [1.165, 1.54) is 0 Å². The van der Waals surface area contributed by atoms with Gasteiger partial charge in [0.25, 0.3) is 5.91 Å². The first-order chi connectivity index (χ1) is 25.3. The summed E-state index contributed by atoms with van der Waals surface area (Å²) in [6.45, 7) is 0.332. The van der Waals surface area contributed by atoms with Gasteiger partial charge < -0.3 is 55.7 Å². The Kier molecular flexibility index (Phi) is 16.0. The molecule has 5 amide bonds. The van der Waals surface area contributed by atoms with E-state index in [0.29, 0.717) is 17.5 Å². The van der Waals surface area contributed by atoms with Gasteiger partial charge in [-0.2, -0.15) is 4.98 Å². The van der Waals surface area contributed by atoms with Gasteiger partial charge in [0.2, 0.25) is 35.4 Å². The number of nitrogens with two attached hydrogens (primary N) is 6. The predicted octanol–water partition coefficient (Wildman–Crippen LogP) is -2.98. The van der Waals surface area contributed by atoms with Crippen molar-refractivity contribution in [2.75, 3.05) is 18.8 Å². The lowest BCUT2D eigenvalue weighted by atomic mass is 10.0. The Balaban J connectivity index is 1.87. The number of aromatic nitrogens is 3. The second-order valence-corrected chi connectivity index (χ2v) is 11.9. The number of aromatic amines is 1. The van der Waals surface area contributed by atoms with Crippen LogP contribution in [0.2, 0.25) is 0 Å². The van der Waals surface area contributed by atoms with Crippen molar-refractivity contribution in [2.45, 2.75) is 62.7 Å². The number of benzene rings is 2. The number of H-pyrrole nitrogens is 1. The van der Waals surface area contributed by atoms with E-state index >= 15 is 0 Å². The van der Waals surface area contributed by atoms with Gasteiger partial charge in [-0.3, -0.25) is 39.1 Å². The third-order valence-corrected chi connectivity index (χ3v) is 7.72. The Hall–Kier alpha value is -6.73. The lowest BCUT2D eigenvalue weighted by molar-refractivity contribution is -0.133. The van der Waals surface area contributed by atoms with Gasteiger partial charge in [0, 0.05) is 25.9 Å². The zero-order valence-corrected chi connectivity index (χ0v) is 29.0. The highest BCUT2D eigenvalue weighted by atomic mass is 16.2. The molecule has 2 aromatic carbocycles. The van der Waals surface area contributed by atoms with Crippen LogP contribution in [0.4, 0.5) is 5.95 Å². The van der Waals surface area contributed by atoms with E-state index in [1.807, 2.05) is 0 Å². The highest BCUT2D eigenvalue weighted by Gasteiger charge is 2.31. The van der Waals surface area contributed by atoms with Crippen LogP contribution in [0.15, 0.2) is 70.6 Å². The first-order valence-electron chi connectivity index (χ1n) is 16.7. The Labute approximate surface area is 305 Å². The second kappa shape index (κ2) is 20.8. The average molecular weight is 734 g/mol. The zero-order valence-electron chi connectivity index (χ0n) is 29.0. The van der Waals surface area contributed by atoms with Gasteiger partial charge in [-0.05, 0) is 36.8 Å². The van der Waals surface area contributed by atoms with Gasteiger partial charge in [-0.1, -0.05) is 60.7 Å². The lowest BCUT2D eigenvalue weighted by Crippen LogP contribution is -2.58. The molecule has 284 valence electrons. The van der Waals surface area contributed by atoms with Gasteiger partial charge in [-0.15, -0.1) is 5.10 Å². The van der Waals surface area contributed by atoms with E-state index in [-0.39, 0.29) is 68.9 Å². The molecule has 0 fully saturated rings. The summed E-state index contributed by atoms with van der Waals surface area (Å²) in [4.78, 5) is 78.5. The summed E-state index contributed by atoms with van der Waals surface area (Å²) in [6, 6.07) is 13.0. The third kappa shape index (κ3) is 14.6. The van der Waals surface area contributed by atoms with Crippen molar-refractivity contribution in [3.05, 3.63) is 77.6 Å². The molecular weight excluding hydrogens is 686 g/mol. The summed E-state index contributed by atoms with van der Waals surface area (Å²) in [7, 11) is 0. The number of nitrogen functional groups attached to an aromatic ring is 1. The van der Waals surface area contributed by atoms with Crippen molar-refractivity contribution < 1.29 is 24.0 Å². The van der Waals surface area contributed by atoms with Crippen molar-refractivity contribution in [1.29, 1.82) is 0 Å². The zero-order chi connectivity index (χ0) is 38.8. The normalized spacial score (nSPS) is 12.9. The minimum atomic E-state index is -1.23. The molecule has 3 rings (SSSR count). The molecule has 0 radical (unpaired) electrons. The number of primary amides is 1. The number of rotatable bonds is 21. The second-order valence-electron chi connectivity index (χ2n) is 11.9. The van der Waals surface area contributed by atoms with Crippen LogP contribution in [0, 0.1) is 0 Å². The van der Waals surface area contributed by atoms with Gasteiger partial charge in [0.15, 0.2) is 11.9 Å². The highest BCUT2D eigenvalue weighted by Crippen LogP contribution is 2.10. The molecule has 0 saturated carbocycles. The maximum Gasteiger partial charge on any atom is 0.289 e. The third-order valence-electron chi connectivity index (χ3n) is 7.72. The van der Waals surface area contributed by atoms with Crippen molar-refractivity contribution in [1.82, 2.24) is 36.4 Å². The Bertz CT molecular complexity index is 1720. The van der Waals surface area contributed by atoms with E-state index in [9.17, 15) is 24.0 Å². The largest absolute Gasteiger partial charge is 0.370 e. The summed E-state index contributed by atoms with van der Waals surface area (Å²) >= 11 is 0. The molecule has 20 nitrogen and oxygen atoms in total. The summed E-state index contributed by atoms with van der Waals surface area (Å²) in [5.74, 6) is -4.36.